The number of non-ortho nitro benzene ring substituents is 1. The van der Waals surface area contributed by atoms with E-state index in [1.54, 1.807) is 17.0 Å². The zero-order chi connectivity index (χ0) is 20.8. The molecule has 30 heavy (non-hydrogen) atoms. The van der Waals surface area contributed by atoms with E-state index in [2.05, 4.69) is 10.1 Å². The predicted molar refractivity (Wildman–Crippen MR) is 109 cm³/mol. The molecule has 5 rings (SSSR count). The summed E-state index contributed by atoms with van der Waals surface area (Å²) in [6.45, 7) is 0.206. The number of H-pyrrole nitrogens is 1. The van der Waals surface area contributed by atoms with E-state index in [1.165, 1.54) is 18.3 Å². The summed E-state index contributed by atoms with van der Waals surface area (Å²) >= 11 is 0. The van der Waals surface area contributed by atoms with Gasteiger partial charge in [0.1, 0.15) is 12.6 Å². The number of amides is 2. The van der Waals surface area contributed by atoms with E-state index < -0.39 is 11.0 Å². The van der Waals surface area contributed by atoms with Crippen LogP contribution in [-0.2, 0) is 22.6 Å². The zero-order valence-electron chi connectivity index (χ0n) is 15.8. The molecular weight excluding hydrogens is 386 g/mol. The van der Waals surface area contributed by atoms with Crippen molar-refractivity contribution in [2.45, 2.75) is 19.0 Å². The van der Waals surface area contributed by atoms with Gasteiger partial charge in [0.15, 0.2) is 0 Å². The number of fused-ring (bicyclic) bond motifs is 4. The van der Waals surface area contributed by atoms with E-state index in [0.717, 1.165) is 27.2 Å². The number of rotatable bonds is 3. The van der Waals surface area contributed by atoms with Gasteiger partial charge in [-0.1, -0.05) is 30.3 Å². The molecule has 2 aliphatic rings. The molecule has 1 saturated heterocycles. The van der Waals surface area contributed by atoms with Crippen molar-refractivity contribution in [1.29, 1.82) is 0 Å². The number of hydrazone groups is 1. The molecule has 0 radical (unpaired) electrons. The third-order valence-electron chi connectivity index (χ3n) is 5.58. The molecule has 2 aromatic carbocycles. The van der Waals surface area contributed by atoms with Crippen LogP contribution in [-0.4, -0.2) is 50.4 Å². The van der Waals surface area contributed by atoms with E-state index in [4.69, 9.17) is 0 Å². The quantitative estimate of drug-likeness (QED) is 0.410. The van der Waals surface area contributed by atoms with E-state index in [1.807, 2.05) is 24.3 Å². The highest BCUT2D eigenvalue weighted by atomic mass is 16.6. The largest absolute Gasteiger partial charge is 0.357 e. The monoisotopic (exact) mass is 403 g/mol. The van der Waals surface area contributed by atoms with E-state index in [-0.39, 0.29) is 24.0 Å². The van der Waals surface area contributed by atoms with Crippen molar-refractivity contribution in [3.8, 4) is 0 Å². The van der Waals surface area contributed by atoms with Gasteiger partial charge in [0, 0.05) is 40.7 Å². The average Bonchev–Trinajstić information content (AvgIpc) is 3.12. The Morgan fingerprint density at radius 2 is 1.97 bits per heavy atom. The molecular formula is C21H17N5O4. The SMILES string of the molecule is O=C1[C@@H]2Cc3c([nH]c4ccccc34)CN2C(=O)CN1/N=C\c1cccc([N+](=O)[O-])c1. The minimum absolute atomic E-state index is 0.0645. The maximum absolute atomic E-state index is 13.1. The highest BCUT2D eigenvalue weighted by molar-refractivity contribution is 5.97. The number of aromatic amines is 1. The first-order valence-corrected chi connectivity index (χ1v) is 9.49. The Hall–Kier alpha value is -4.01. The van der Waals surface area contributed by atoms with Crippen molar-refractivity contribution in [3.05, 3.63) is 75.5 Å². The molecule has 1 fully saturated rings. The number of nitro benzene ring substituents is 1. The van der Waals surface area contributed by atoms with Gasteiger partial charge in [-0.05, 0) is 11.6 Å². The molecule has 0 bridgehead atoms. The molecule has 0 aliphatic carbocycles. The van der Waals surface area contributed by atoms with Gasteiger partial charge < -0.3 is 9.88 Å². The topological polar surface area (TPSA) is 112 Å². The van der Waals surface area contributed by atoms with Crippen LogP contribution in [0.5, 0.6) is 0 Å². The normalized spacial score (nSPS) is 18.7. The summed E-state index contributed by atoms with van der Waals surface area (Å²) in [5.74, 6) is -0.438. The summed E-state index contributed by atoms with van der Waals surface area (Å²) < 4.78 is 0. The molecule has 3 heterocycles. The van der Waals surface area contributed by atoms with E-state index in [0.29, 0.717) is 18.5 Å². The molecule has 1 aromatic heterocycles. The smallest absolute Gasteiger partial charge is 0.270 e. The average molecular weight is 403 g/mol. The number of piperazine rings is 1. The first-order chi connectivity index (χ1) is 14.5. The number of para-hydroxylation sites is 1. The first kappa shape index (κ1) is 18.0. The van der Waals surface area contributed by atoms with Gasteiger partial charge >= 0.3 is 0 Å². The maximum atomic E-state index is 13.1. The Kier molecular flexibility index (Phi) is 4.09. The van der Waals surface area contributed by atoms with Crippen LogP contribution in [0, 0.1) is 10.1 Å². The number of nitrogens with one attached hydrogen (secondary N) is 1. The molecule has 1 N–H and O–H groups in total. The molecule has 9 heteroatoms. The van der Waals surface area contributed by atoms with E-state index >= 15 is 0 Å². The fraction of sp³-hybridized carbons (Fsp3) is 0.190. The Balaban J connectivity index is 1.42. The van der Waals surface area contributed by atoms with Gasteiger partial charge in [-0.3, -0.25) is 19.7 Å². The summed E-state index contributed by atoms with van der Waals surface area (Å²) in [5.41, 5.74) is 3.42. The van der Waals surface area contributed by atoms with Crippen LogP contribution in [0.1, 0.15) is 16.8 Å². The van der Waals surface area contributed by atoms with Gasteiger partial charge in [-0.15, -0.1) is 0 Å². The molecule has 9 nitrogen and oxygen atoms in total. The molecule has 2 amide bonds. The number of nitrogens with zero attached hydrogens (tertiary/aromatic N) is 4. The molecule has 0 spiro atoms. The van der Waals surface area contributed by atoms with Crippen LogP contribution in [0.4, 0.5) is 5.69 Å². The van der Waals surface area contributed by atoms with Gasteiger partial charge in [-0.25, -0.2) is 5.01 Å². The lowest BCUT2D eigenvalue weighted by molar-refractivity contribution is -0.384. The first-order valence-electron chi connectivity index (χ1n) is 9.49. The van der Waals surface area contributed by atoms with Crippen LogP contribution >= 0.6 is 0 Å². The molecule has 150 valence electrons. The van der Waals surface area contributed by atoms with Crippen molar-refractivity contribution in [3.63, 3.8) is 0 Å². The van der Waals surface area contributed by atoms with Gasteiger partial charge in [0.2, 0.25) is 5.91 Å². The van der Waals surface area contributed by atoms with Crippen LogP contribution < -0.4 is 0 Å². The van der Waals surface area contributed by atoms with Gasteiger partial charge in [-0.2, -0.15) is 5.10 Å². The van der Waals surface area contributed by atoms with Crippen LogP contribution in [0.25, 0.3) is 10.9 Å². The third kappa shape index (κ3) is 2.91. The molecule has 0 saturated carbocycles. The third-order valence-corrected chi connectivity index (χ3v) is 5.58. The lowest BCUT2D eigenvalue weighted by Crippen LogP contribution is -2.60. The number of benzene rings is 2. The van der Waals surface area contributed by atoms with Crippen LogP contribution in [0.15, 0.2) is 53.6 Å². The lowest BCUT2D eigenvalue weighted by atomic mass is 9.94. The number of carbonyl (C=O) groups excluding carboxylic acids is 2. The lowest BCUT2D eigenvalue weighted by Gasteiger charge is -2.40. The van der Waals surface area contributed by atoms with Crippen molar-refractivity contribution in [2.24, 2.45) is 5.10 Å². The summed E-state index contributed by atoms with van der Waals surface area (Å²) in [6, 6.07) is 13.2. The second-order valence-electron chi connectivity index (χ2n) is 7.36. The minimum Gasteiger partial charge on any atom is -0.357 e. The van der Waals surface area contributed by atoms with Crippen molar-refractivity contribution in [2.75, 3.05) is 6.54 Å². The predicted octanol–water partition coefficient (Wildman–Crippen LogP) is 2.21. The van der Waals surface area contributed by atoms with Crippen molar-refractivity contribution >= 4 is 34.6 Å². The highest BCUT2D eigenvalue weighted by Gasteiger charge is 2.43. The molecule has 1 atom stereocenters. The summed E-state index contributed by atoms with van der Waals surface area (Å²) in [4.78, 5) is 41.2. The number of carbonyl (C=O) groups is 2. The second kappa shape index (κ2) is 6.80. The minimum atomic E-state index is -0.611. The van der Waals surface area contributed by atoms with Gasteiger partial charge in [0.05, 0.1) is 17.7 Å². The molecule has 0 unspecified atom stereocenters. The summed E-state index contributed by atoms with van der Waals surface area (Å²) in [5, 5.41) is 17.3. The Morgan fingerprint density at radius 1 is 1.13 bits per heavy atom. The number of nitro groups is 1. The molecule has 2 aliphatic heterocycles. The van der Waals surface area contributed by atoms with Crippen LogP contribution in [0.3, 0.4) is 0 Å². The number of aromatic nitrogens is 1. The highest BCUT2D eigenvalue weighted by Crippen LogP contribution is 2.32. The second-order valence-corrected chi connectivity index (χ2v) is 7.36. The Bertz CT molecular complexity index is 1230. The van der Waals surface area contributed by atoms with Crippen LogP contribution in [0.2, 0.25) is 0 Å². The number of hydrogen-bond acceptors (Lipinski definition) is 5. The van der Waals surface area contributed by atoms with Crippen molar-refractivity contribution < 1.29 is 14.5 Å². The Labute approximate surface area is 170 Å². The number of hydrogen-bond donors (Lipinski definition) is 1. The van der Waals surface area contributed by atoms with Crippen molar-refractivity contribution in [1.82, 2.24) is 14.9 Å². The van der Waals surface area contributed by atoms with E-state index in [9.17, 15) is 19.7 Å². The van der Waals surface area contributed by atoms with Gasteiger partial charge in [0.25, 0.3) is 11.6 Å². The summed E-state index contributed by atoms with van der Waals surface area (Å²) in [6.07, 6.45) is 1.79. The Morgan fingerprint density at radius 3 is 2.80 bits per heavy atom. The standard InChI is InChI=1S/C21H17N5O4/c27-20-12-25(22-10-13-4-3-5-14(8-13)26(29)30)21(28)19-9-16-15-6-1-2-7-17(15)23-18(16)11-24(19)20/h1-8,10,19,23H,9,11-12H2/b22-10-/t19-/m0/s1. The fourth-order valence-electron chi connectivity index (χ4n) is 4.11. The fourth-order valence-corrected chi connectivity index (χ4v) is 4.11. The molecule has 3 aromatic rings. The maximum Gasteiger partial charge on any atom is 0.270 e. The zero-order valence-corrected chi connectivity index (χ0v) is 15.8. The summed E-state index contributed by atoms with van der Waals surface area (Å²) in [7, 11) is 0.